The molecule has 0 fully saturated rings. The molecular weight excluding hydrogens is 322 g/mol. The minimum Gasteiger partial charge on any atom is -0.342 e. The van der Waals surface area contributed by atoms with Crippen LogP contribution in [0.25, 0.3) is 0 Å². The van der Waals surface area contributed by atoms with Crippen molar-refractivity contribution in [2.75, 3.05) is 0 Å². The van der Waals surface area contributed by atoms with Gasteiger partial charge in [-0.25, -0.2) is 0 Å². The lowest BCUT2D eigenvalue weighted by atomic mass is 10.0. The summed E-state index contributed by atoms with van der Waals surface area (Å²) in [6.45, 7) is 4.77. The summed E-state index contributed by atoms with van der Waals surface area (Å²) >= 11 is 3.37. The molecule has 1 atom stereocenters. The van der Waals surface area contributed by atoms with Crippen molar-refractivity contribution >= 4 is 33.4 Å². The molecule has 1 N–H and O–H groups in total. The summed E-state index contributed by atoms with van der Waals surface area (Å²) in [4.78, 5) is 34.6. The van der Waals surface area contributed by atoms with Crippen molar-refractivity contribution < 1.29 is 14.4 Å². The molecular formula is C15H18BrNO3. The second-order valence-electron chi connectivity index (χ2n) is 4.84. The van der Waals surface area contributed by atoms with Gasteiger partial charge in [-0.1, -0.05) is 15.9 Å². The van der Waals surface area contributed by atoms with Crippen LogP contribution in [0.4, 0.5) is 0 Å². The van der Waals surface area contributed by atoms with E-state index in [-0.39, 0.29) is 23.9 Å². The Balaban J connectivity index is 2.77. The Morgan fingerprint density at radius 3 is 2.40 bits per heavy atom. The molecule has 0 saturated carbocycles. The van der Waals surface area contributed by atoms with Crippen molar-refractivity contribution in [1.29, 1.82) is 0 Å². The van der Waals surface area contributed by atoms with Crippen molar-refractivity contribution in [2.24, 2.45) is 0 Å². The van der Waals surface area contributed by atoms with E-state index in [9.17, 15) is 14.4 Å². The number of aryl methyl sites for hydroxylation is 1. The normalized spacial score (nSPS) is 11.8. The van der Waals surface area contributed by atoms with Gasteiger partial charge in [-0.05, 0) is 51.0 Å². The highest BCUT2D eigenvalue weighted by Gasteiger charge is 2.18. The highest BCUT2D eigenvalue weighted by atomic mass is 79.9. The fourth-order valence-electron chi connectivity index (χ4n) is 1.75. The van der Waals surface area contributed by atoms with E-state index in [0.29, 0.717) is 12.0 Å². The molecule has 0 radical (unpaired) electrons. The Morgan fingerprint density at radius 2 is 1.90 bits per heavy atom. The van der Waals surface area contributed by atoms with Gasteiger partial charge in [-0.2, -0.15) is 0 Å². The summed E-state index contributed by atoms with van der Waals surface area (Å²) in [5.74, 6) is -0.442. The van der Waals surface area contributed by atoms with Gasteiger partial charge in [0.2, 0.25) is 0 Å². The fourth-order valence-corrected chi connectivity index (χ4v) is 2.00. The molecule has 4 nitrogen and oxygen atoms in total. The maximum Gasteiger partial charge on any atom is 0.251 e. The molecule has 1 aromatic carbocycles. The number of rotatable bonds is 6. The largest absolute Gasteiger partial charge is 0.342 e. The van der Waals surface area contributed by atoms with E-state index in [0.717, 1.165) is 10.0 Å². The van der Waals surface area contributed by atoms with E-state index < -0.39 is 6.04 Å². The zero-order chi connectivity index (χ0) is 15.3. The Hall–Kier alpha value is -1.49. The SMILES string of the molecule is CC(=O)CC[C@H](NC(=O)c1ccc(Br)c(C)c1)C(C)=O. The number of Topliss-reactive ketones (excluding diaryl/α,β-unsaturated/α-hetero) is 2. The third-order valence-electron chi connectivity index (χ3n) is 3.00. The molecule has 0 saturated heterocycles. The summed E-state index contributed by atoms with van der Waals surface area (Å²) in [6.07, 6.45) is 0.621. The second kappa shape index (κ2) is 7.33. The molecule has 0 spiro atoms. The molecule has 1 aromatic rings. The Labute approximate surface area is 127 Å². The number of ketones is 2. The Bertz CT molecular complexity index is 540. The van der Waals surface area contributed by atoms with Crippen molar-refractivity contribution in [3.8, 4) is 0 Å². The molecule has 0 unspecified atom stereocenters. The third kappa shape index (κ3) is 4.89. The van der Waals surface area contributed by atoms with Crippen molar-refractivity contribution in [2.45, 2.75) is 39.7 Å². The summed E-state index contributed by atoms with van der Waals surface area (Å²) in [6, 6.07) is 4.62. The van der Waals surface area contributed by atoms with Crippen LogP contribution in [0.15, 0.2) is 22.7 Å². The van der Waals surface area contributed by atoms with Crippen LogP contribution in [0, 0.1) is 6.92 Å². The molecule has 5 heteroatoms. The van der Waals surface area contributed by atoms with Crippen LogP contribution in [0.3, 0.4) is 0 Å². The molecule has 0 aliphatic heterocycles. The van der Waals surface area contributed by atoms with Crippen LogP contribution < -0.4 is 5.32 Å². The summed E-state index contributed by atoms with van der Waals surface area (Å²) in [5, 5.41) is 2.68. The molecule has 1 rings (SSSR count). The van der Waals surface area contributed by atoms with Gasteiger partial charge in [0.15, 0.2) is 5.78 Å². The predicted molar refractivity (Wildman–Crippen MR) is 80.7 cm³/mol. The van der Waals surface area contributed by atoms with Gasteiger partial charge in [0.1, 0.15) is 5.78 Å². The van der Waals surface area contributed by atoms with E-state index in [1.807, 2.05) is 6.92 Å². The van der Waals surface area contributed by atoms with Gasteiger partial charge in [0, 0.05) is 16.5 Å². The second-order valence-corrected chi connectivity index (χ2v) is 5.70. The molecule has 20 heavy (non-hydrogen) atoms. The topological polar surface area (TPSA) is 63.2 Å². The fraction of sp³-hybridized carbons (Fsp3) is 0.400. The zero-order valence-electron chi connectivity index (χ0n) is 11.8. The molecule has 0 aliphatic carbocycles. The van der Waals surface area contributed by atoms with Gasteiger partial charge < -0.3 is 10.1 Å². The van der Waals surface area contributed by atoms with Crippen LogP contribution in [-0.2, 0) is 9.59 Å². The number of benzene rings is 1. The minimum absolute atomic E-state index is 0.00462. The number of halogens is 1. The smallest absolute Gasteiger partial charge is 0.251 e. The number of nitrogens with one attached hydrogen (secondary N) is 1. The van der Waals surface area contributed by atoms with Crippen LogP contribution in [0.5, 0.6) is 0 Å². The molecule has 0 heterocycles. The first kappa shape index (κ1) is 16.6. The van der Waals surface area contributed by atoms with Crippen LogP contribution in [-0.4, -0.2) is 23.5 Å². The number of amides is 1. The van der Waals surface area contributed by atoms with E-state index in [1.165, 1.54) is 13.8 Å². The van der Waals surface area contributed by atoms with E-state index in [4.69, 9.17) is 0 Å². The van der Waals surface area contributed by atoms with Gasteiger partial charge >= 0.3 is 0 Å². The zero-order valence-corrected chi connectivity index (χ0v) is 13.4. The summed E-state index contributed by atoms with van der Waals surface area (Å²) < 4.78 is 0.925. The van der Waals surface area contributed by atoms with Gasteiger partial charge in [-0.15, -0.1) is 0 Å². The third-order valence-corrected chi connectivity index (χ3v) is 3.89. The van der Waals surface area contributed by atoms with Crippen molar-refractivity contribution in [3.05, 3.63) is 33.8 Å². The standard InChI is InChI=1S/C15H18BrNO3/c1-9-8-12(5-6-13(9)16)15(20)17-14(11(3)19)7-4-10(2)18/h5-6,8,14H,4,7H2,1-3H3,(H,17,20)/t14-/m0/s1. The van der Waals surface area contributed by atoms with Crippen LogP contribution in [0.2, 0.25) is 0 Å². The average molecular weight is 340 g/mol. The van der Waals surface area contributed by atoms with E-state index in [1.54, 1.807) is 18.2 Å². The Kier molecular flexibility index (Phi) is 6.07. The molecule has 0 aromatic heterocycles. The van der Waals surface area contributed by atoms with Gasteiger partial charge in [0.05, 0.1) is 6.04 Å². The Morgan fingerprint density at radius 1 is 1.25 bits per heavy atom. The molecule has 108 valence electrons. The lowest BCUT2D eigenvalue weighted by Crippen LogP contribution is -2.40. The lowest BCUT2D eigenvalue weighted by molar-refractivity contribution is -0.119. The molecule has 0 bridgehead atoms. The number of carbonyl (C=O) groups excluding carboxylic acids is 3. The van der Waals surface area contributed by atoms with Gasteiger partial charge in [0.25, 0.3) is 5.91 Å². The van der Waals surface area contributed by atoms with Crippen LogP contribution >= 0.6 is 15.9 Å². The van der Waals surface area contributed by atoms with Crippen LogP contribution in [0.1, 0.15) is 42.6 Å². The molecule has 0 aliphatic rings. The number of carbonyl (C=O) groups is 3. The van der Waals surface area contributed by atoms with Crippen molar-refractivity contribution in [1.82, 2.24) is 5.32 Å². The first-order valence-corrected chi connectivity index (χ1v) is 7.17. The number of hydrogen-bond acceptors (Lipinski definition) is 3. The van der Waals surface area contributed by atoms with Crippen molar-refractivity contribution in [3.63, 3.8) is 0 Å². The lowest BCUT2D eigenvalue weighted by Gasteiger charge is -2.15. The molecule has 1 amide bonds. The highest BCUT2D eigenvalue weighted by Crippen LogP contribution is 2.17. The predicted octanol–water partition coefficient (Wildman–Crippen LogP) is 2.81. The number of hydrogen-bond donors (Lipinski definition) is 1. The maximum absolute atomic E-state index is 12.1. The minimum atomic E-state index is -0.615. The highest BCUT2D eigenvalue weighted by molar-refractivity contribution is 9.10. The summed E-state index contributed by atoms with van der Waals surface area (Å²) in [5.41, 5.74) is 1.44. The first-order chi connectivity index (χ1) is 9.31. The van der Waals surface area contributed by atoms with E-state index in [2.05, 4.69) is 21.2 Å². The monoisotopic (exact) mass is 339 g/mol. The first-order valence-electron chi connectivity index (χ1n) is 6.38. The van der Waals surface area contributed by atoms with E-state index >= 15 is 0 Å². The summed E-state index contributed by atoms with van der Waals surface area (Å²) in [7, 11) is 0. The average Bonchev–Trinajstić information content (AvgIpc) is 2.36. The van der Waals surface area contributed by atoms with Gasteiger partial charge in [-0.3, -0.25) is 9.59 Å². The maximum atomic E-state index is 12.1. The quantitative estimate of drug-likeness (QED) is 0.866.